The molecule has 1 aliphatic heterocycles. The molecule has 1 saturated heterocycles. The fourth-order valence-corrected chi connectivity index (χ4v) is 4.16. The average Bonchev–Trinajstić information content (AvgIpc) is 2.73. The standard InChI is InChI=1S/C24H31NO2/c1-4-24(19(2)3,18-20-8-6-5-7-9-20)23(26)21-10-12-22(13-11-21)25-14-16-27-17-15-25/h5-13,19H,4,14-18H2,1-3H3/p+1. The Morgan fingerprint density at radius 2 is 1.70 bits per heavy atom. The molecule has 1 aliphatic carbocycles. The molecule has 1 aromatic carbocycles. The van der Waals surface area contributed by atoms with Crippen LogP contribution in [0.5, 0.6) is 0 Å². The smallest absolute Gasteiger partial charge is 0.200 e. The number of allylic oxidation sites excluding steroid dienone is 6. The molecular weight excluding hydrogens is 334 g/mol. The topological polar surface area (TPSA) is 32.5 Å². The van der Waals surface area contributed by atoms with Gasteiger partial charge in [-0.1, -0.05) is 51.1 Å². The van der Waals surface area contributed by atoms with Gasteiger partial charge in [-0.2, -0.15) is 0 Å². The summed E-state index contributed by atoms with van der Waals surface area (Å²) >= 11 is 0. The van der Waals surface area contributed by atoms with Crippen LogP contribution in [0.15, 0.2) is 66.0 Å². The highest BCUT2D eigenvalue weighted by atomic mass is 16.5. The second-order valence-electron chi connectivity index (χ2n) is 7.82. The van der Waals surface area contributed by atoms with E-state index in [1.54, 1.807) is 0 Å². The van der Waals surface area contributed by atoms with Gasteiger partial charge in [0.25, 0.3) is 0 Å². The fourth-order valence-electron chi connectivity index (χ4n) is 4.16. The molecule has 0 spiro atoms. The number of aliphatic hydroxyl groups is 1. The lowest BCUT2D eigenvalue weighted by Gasteiger charge is -2.37. The lowest BCUT2D eigenvalue weighted by Crippen LogP contribution is -2.33. The van der Waals surface area contributed by atoms with E-state index in [2.05, 4.69) is 73.9 Å². The van der Waals surface area contributed by atoms with Crippen molar-refractivity contribution >= 4 is 5.71 Å². The maximum absolute atomic E-state index is 11.3. The molecule has 0 saturated carbocycles. The zero-order valence-electron chi connectivity index (χ0n) is 16.8. The summed E-state index contributed by atoms with van der Waals surface area (Å²) in [5.41, 5.74) is 3.13. The molecule has 0 aromatic heterocycles. The van der Waals surface area contributed by atoms with Crippen LogP contribution in [0.25, 0.3) is 0 Å². The second kappa shape index (κ2) is 8.71. The van der Waals surface area contributed by atoms with E-state index >= 15 is 0 Å². The molecule has 1 heterocycles. The molecule has 1 N–H and O–H groups in total. The summed E-state index contributed by atoms with van der Waals surface area (Å²) in [5.74, 6) is 0.846. The van der Waals surface area contributed by atoms with Crippen LogP contribution in [0.2, 0.25) is 0 Å². The molecule has 0 amide bonds. The number of benzene rings is 1. The summed E-state index contributed by atoms with van der Waals surface area (Å²) in [4.78, 5) is 0. The average molecular weight is 367 g/mol. The van der Waals surface area contributed by atoms with Crippen molar-refractivity contribution in [3.8, 4) is 0 Å². The molecule has 1 aromatic rings. The lowest BCUT2D eigenvalue weighted by molar-refractivity contribution is -0.547. The molecule has 144 valence electrons. The number of aliphatic hydroxyl groups excluding tert-OH is 1. The van der Waals surface area contributed by atoms with E-state index in [1.807, 2.05) is 6.07 Å². The van der Waals surface area contributed by atoms with Crippen LogP contribution in [0.1, 0.15) is 32.8 Å². The van der Waals surface area contributed by atoms with E-state index in [0.717, 1.165) is 44.7 Å². The molecule has 0 bridgehead atoms. The maximum Gasteiger partial charge on any atom is 0.200 e. The van der Waals surface area contributed by atoms with Crippen molar-refractivity contribution in [3.63, 3.8) is 0 Å². The van der Waals surface area contributed by atoms with Gasteiger partial charge in [-0.15, -0.1) is 0 Å². The Morgan fingerprint density at radius 3 is 2.26 bits per heavy atom. The number of hydrogen-bond donors (Lipinski definition) is 1. The zero-order valence-corrected chi connectivity index (χ0v) is 16.8. The lowest BCUT2D eigenvalue weighted by atomic mass is 9.68. The van der Waals surface area contributed by atoms with Crippen LogP contribution in [0.3, 0.4) is 0 Å². The SMILES string of the molecule is CCC(Cc1ccccc1)(C(O)=C1C=CC(=[N+]2CCOCC2)C=C1)C(C)C. The summed E-state index contributed by atoms with van der Waals surface area (Å²) in [6.45, 7) is 10.0. The zero-order chi connectivity index (χ0) is 19.3. The maximum atomic E-state index is 11.3. The van der Waals surface area contributed by atoms with E-state index in [0.29, 0.717) is 11.7 Å². The Balaban J connectivity index is 1.92. The van der Waals surface area contributed by atoms with Crippen molar-refractivity contribution in [2.24, 2.45) is 11.3 Å². The van der Waals surface area contributed by atoms with Crippen molar-refractivity contribution in [1.82, 2.24) is 0 Å². The van der Waals surface area contributed by atoms with Crippen molar-refractivity contribution in [3.05, 3.63) is 71.5 Å². The summed E-state index contributed by atoms with van der Waals surface area (Å²) in [6.07, 6.45) is 10.1. The minimum Gasteiger partial charge on any atom is -0.511 e. The van der Waals surface area contributed by atoms with Crippen LogP contribution >= 0.6 is 0 Å². The van der Waals surface area contributed by atoms with E-state index in [1.165, 1.54) is 11.3 Å². The van der Waals surface area contributed by atoms with Crippen LogP contribution in [-0.2, 0) is 11.2 Å². The third-order valence-electron chi connectivity index (χ3n) is 6.09. The minimum atomic E-state index is -0.262. The van der Waals surface area contributed by atoms with Crippen LogP contribution in [-0.4, -0.2) is 41.7 Å². The van der Waals surface area contributed by atoms with Gasteiger partial charge in [0, 0.05) is 23.1 Å². The molecule has 1 atom stereocenters. The first-order valence-electron chi connectivity index (χ1n) is 10.1. The van der Waals surface area contributed by atoms with Gasteiger partial charge in [0.05, 0.1) is 0 Å². The molecule has 0 radical (unpaired) electrons. The molecule has 2 aliphatic rings. The first-order chi connectivity index (χ1) is 13.1. The van der Waals surface area contributed by atoms with E-state index in [9.17, 15) is 5.11 Å². The molecular formula is C24H32NO2+. The van der Waals surface area contributed by atoms with Crippen molar-refractivity contribution in [2.45, 2.75) is 33.6 Å². The van der Waals surface area contributed by atoms with E-state index in [4.69, 9.17) is 4.74 Å². The Labute approximate surface area is 163 Å². The van der Waals surface area contributed by atoms with Gasteiger partial charge in [-0.25, -0.2) is 4.58 Å². The van der Waals surface area contributed by atoms with Gasteiger partial charge in [0.2, 0.25) is 0 Å². The van der Waals surface area contributed by atoms with Crippen LogP contribution < -0.4 is 0 Å². The van der Waals surface area contributed by atoms with Gasteiger partial charge < -0.3 is 9.84 Å². The van der Waals surface area contributed by atoms with Crippen molar-refractivity contribution in [1.29, 1.82) is 0 Å². The molecule has 1 unspecified atom stereocenters. The highest BCUT2D eigenvalue weighted by molar-refractivity contribution is 6.02. The Hall–Kier alpha value is -2.13. The summed E-state index contributed by atoms with van der Waals surface area (Å²) in [6, 6.07) is 10.5. The Bertz CT molecular complexity index is 745. The van der Waals surface area contributed by atoms with E-state index < -0.39 is 0 Å². The third kappa shape index (κ3) is 4.24. The summed E-state index contributed by atoms with van der Waals surface area (Å²) in [5, 5.41) is 11.3. The predicted octanol–water partition coefficient (Wildman–Crippen LogP) is 4.70. The van der Waals surface area contributed by atoms with Crippen LogP contribution in [0, 0.1) is 11.3 Å². The van der Waals surface area contributed by atoms with Crippen molar-refractivity contribution < 1.29 is 14.4 Å². The normalized spacial score (nSPS) is 19.5. The Morgan fingerprint density at radius 1 is 1.07 bits per heavy atom. The van der Waals surface area contributed by atoms with Crippen LogP contribution in [0.4, 0.5) is 0 Å². The quantitative estimate of drug-likeness (QED) is 0.605. The van der Waals surface area contributed by atoms with Gasteiger partial charge in [-0.3, -0.25) is 0 Å². The van der Waals surface area contributed by atoms with Gasteiger partial charge in [0.1, 0.15) is 19.0 Å². The third-order valence-corrected chi connectivity index (χ3v) is 6.09. The number of ether oxygens (including phenoxy) is 1. The fraction of sp³-hybridized carbons (Fsp3) is 0.458. The molecule has 1 fully saturated rings. The van der Waals surface area contributed by atoms with Gasteiger partial charge >= 0.3 is 0 Å². The molecule has 27 heavy (non-hydrogen) atoms. The predicted molar refractivity (Wildman–Crippen MR) is 111 cm³/mol. The first-order valence-corrected chi connectivity index (χ1v) is 10.1. The monoisotopic (exact) mass is 366 g/mol. The highest BCUT2D eigenvalue weighted by Gasteiger charge is 2.38. The second-order valence-corrected chi connectivity index (χ2v) is 7.82. The summed E-state index contributed by atoms with van der Waals surface area (Å²) in [7, 11) is 0. The number of nitrogens with zero attached hydrogens (tertiary/aromatic N) is 1. The largest absolute Gasteiger partial charge is 0.511 e. The summed E-state index contributed by atoms with van der Waals surface area (Å²) < 4.78 is 7.78. The number of rotatable bonds is 5. The van der Waals surface area contributed by atoms with Gasteiger partial charge in [0.15, 0.2) is 18.8 Å². The number of morpholine rings is 1. The minimum absolute atomic E-state index is 0.262. The molecule has 3 rings (SSSR count). The first kappa shape index (κ1) is 19.6. The van der Waals surface area contributed by atoms with E-state index in [-0.39, 0.29) is 5.41 Å². The number of hydrogen-bond acceptors (Lipinski definition) is 2. The highest BCUT2D eigenvalue weighted by Crippen LogP contribution is 2.43. The van der Waals surface area contributed by atoms with Gasteiger partial charge in [-0.05, 0) is 36.5 Å². The Kier molecular flexibility index (Phi) is 6.33. The van der Waals surface area contributed by atoms with Crippen molar-refractivity contribution in [2.75, 3.05) is 26.3 Å². The molecule has 3 heteroatoms. The molecule has 3 nitrogen and oxygen atoms in total.